The van der Waals surface area contributed by atoms with Crippen LogP contribution >= 0.6 is 0 Å². The van der Waals surface area contributed by atoms with Gasteiger partial charge in [0.15, 0.2) is 5.65 Å². The number of aromatic nitrogens is 6. The molecule has 7 nitrogen and oxygen atoms in total. The first-order valence-corrected chi connectivity index (χ1v) is 8.75. The van der Waals surface area contributed by atoms with E-state index in [9.17, 15) is 4.79 Å². The number of nitrogens with one attached hydrogen (secondary N) is 1. The van der Waals surface area contributed by atoms with Gasteiger partial charge in [-0.25, -0.2) is 9.67 Å². The highest BCUT2D eigenvalue weighted by molar-refractivity contribution is 5.80. The molecule has 0 amide bonds. The molecule has 0 unspecified atom stereocenters. The summed E-state index contributed by atoms with van der Waals surface area (Å²) in [7, 11) is 0. The highest BCUT2D eigenvalue weighted by atomic mass is 16.1. The van der Waals surface area contributed by atoms with Gasteiger partial charge in [-0.3, -0.25) is 14.8 Å². The van der Waals surface area contributed by atoms with Crippen molar-refractivity contribution in [3.8, 4) is 11.4 Å². The molecule has 136 valence electrons. The molecule has 0 fully saturated rings. The van der Waals surface area contributed by atoms with Crippen molar-refractivity contribution < 1.29 is 0 Å². The van der Waals surface area contributed by atoms with E-state index in [1.807, 2.05) is 49.7 Å². The maximum atomic E-state index is 12.9. The number of pyridine rings is 2. The molecule has 0 saturated carbocycles. The van der Waals surface area contributed by atoms with Crippen LogP contribution in [0.5, 0.6) is 0 Å². The van der Waals surface area contributed by atoms with E-state index in [1.165, 1.54) is 0 Å². The zero-order chi connectivity index (χ0) is 19.0. The van der Waals surface area contributed by atoms with Crippen LogP contribution in [-0.2, 0) is 12.0 Å². The van der Waals surface area contributed by atoms with Crippen LogP contribution in [-0.4, -0.2) is 29.7 Å². The third-order valence-corrected chi connectivity index (χ3v) is 4.29. The van der Waals surface area contributed by atoms with Crippen molar-refractivity contribution in [2.75, 3.05) is 0 Å². The van der Waals surface area contributed by atoms with Gasteiger partial charge in [0.2, 0.25) is 0 Å². The number of fused-ring (bicyclic) bond motifs is 1. The van der Waals surface area contributed by atoms with Crippen molar-refractivity contribution in [2.45, 2.75) is 32.7 Å². The number of aromatic amines is 1. The lowest BCUT2D eigenvalue weighted by Gasteiger charge is -2.19. The van der Waals surface area contributed by atoms with Crippen LogP contribution in [0.15, 0.2) is 53.8 Å². The van der Waals surface area contributed by atoms with Gasteiger partial charge in [-0.05, 0) is 44.5 Å². The minimum Gasteiger partial charge on any atom is -0.306 e. The summed E-state index contributed by atoms with van der Waals surface area (Å²) in [4.78, 5) is 28.7. The predicted molar refractivity (Wildman–Crippen MR) is 103 cm³/mol. The zero-order valence-electron chi connectivity index (χ0n) is 15.5. The molecule has 0 atom stereocenters. The first-order chi connectivity index (χ1) is 12.9. The monoisotopic (exact) mass is 360 g/mol. The molecule has 0 aliphatic rings. The number of nitrogens with zero attached hydrogens (tertiary/aromatic N) is 5. The third kappa shape index (κ3) is 3.23. The Labute approximate surface area is 156 Å². The summed E-state index contributed by atoms with van der Waals surface area (Å²) >= 11 is 0. The fourth-order valence-electron chi connectivity index (χ4n) is 3.03. The number of hydrogen-bond acceptors (Lipinski definition) is 5. The summed E-state index contributed by atoms with van der Waals surface area (Å²) in [6.45, 7) is 6.13. The van der Waals surface area contributed by atoms with Crippen molar-refractivity contribution in [1.29, 1.82) is 0 Å². The zero-order valence-corrected chi connectivity index (χ0v) is 15.5. The maximum absolute atomic E-state index is 12.9. The molecule has 7 heteroatoms. The molecule has 4 aromatic rings. The molecule has 0 aliphatic heterocycles. The Morgan fingerprint density at radius 2 is 1.85 bits per heavy atom. The largest absolute Gasteiger partial charge is 0.306 e. The van der Waals surface area contributed by atoms with Crippen molar-refractivity contribution in [3.63, 3.8) is 0 Å². The second-order valence-electron chi connectivity index (χ2n) is 7.42. The quantitative estimate of drug-likeness (QED) is 0.607. The highest BCUT2D eigenvalue weighted by Gasteiger charge is 2.24. The van der Waals surface area contributed by atoms with Crippen molar-refractivity contribution in [3.05, 3.63) is 70.7 Å². The highest BCUT2D eigenvalue weighted by Crippen LogP contribution is 2.24. The van der Waals surface area contributed by atoms with Gasteiger partial charge in [0.1, 0.15) is 11.2 Å². The van der Waals surface area contributed by atoms with Crippen LogP contribution < -0.4 is 5.56 Å². The third-order valence-electron chi connectivity index (χ3n) is 4.29. The summed E-state index contributed by atoms with van der Waals surface area (Å²) in [6.07, 6.45) is 7.38. The predicted octanol–water partition coefficient (Wildman–Crippen LogP) is 2.92. The second kappa shape index (κ2) is 6.42. The molecule has 0 aliphatic carbocycles. The standard InChI is InChI=1S/C20H20N6O/c1-20(2,3)26-18-16(15(25-26)11-13-5-4-8-22-12-13)19(27)24-17(23-18)14-6-9-21-10-7-14/h4-10,12H,11H2,1-3H3,(H,23,24,27). The van der Waals surface area contributed by atoms with Crippen LogP contribution in [0, 0.1) is 0 Å². The van der Waals surface area contributed by atoms with Crippen molar-refractivity contribution >= 4 is 11.0 Å². The number of hydrogen-bond donors (Lipinski definition) is 1. The summed E-state index contributed by atoms with van der Waals surface area (Å²) < 4.78 is 1.83. The number of H-pyrrole nitrogens is 1. The summed E-state index contributed by atoms with van der Waals surface area (Å²) in [6, 6.07) is 7.49. The molecule has 0 bridgehead atoms. The smallest absolute Gasteiger partial charge is 0.262 e. The Kier molecular flexibility index (Phi) is 4.07. The van der Waals surface area contributed by atoms with Crippen LogP contribution in [0.25, 0.3) is 22.4 Å². The Hall–Kier alpha value is -3.35. The van der Waals surface area contributed by atoms with Crippen LogP contribution in [0.4, 0.5) is 0 Å². The summed E-state index contributed by atoms with van der Waals surface area (Å²) in [5.74, 6) is 0.508. The average molecular weight is 360 g/mol. The first kappa shape index (κ1) is 17.1. The van der Waals surface area contributed by atoms with E-state index >= 15 is 0 Å². The maximum Gasteiger partial charge on any atom is 0.262 e. The lowest BCUT2D eigenvalue weighted by Crippen LogP contribution is -2.24. The van der Waals surface area contributed by atoms with Gasteiger partial charge >= 0.3 is 0 Å². The van der Waals surface area contributed by atoms with Crippen LogP contribution in [0.3, 0.4) is 0 Å². The van der Waals surface area contributed by atoms with Gasteiger partial charge in [-0.1, -0.05) is 6.07 Å². The van der Waals surface area contributed by atoms with E-state index in [-0.39, 0.29) is 11.1 Å². The minimum atomic E-state index is -0.318. The van der Waals surface area contributed by atoms with Gasteiger partial charge in [-0.2, -0.15) is 5.10 Å². The molecule has 1 N–H and O–H groups in total. The van der Waals surface area contributed by atoms with Crippen molar-refractivity contribution in [1.82, 2.24) is 29.7 Å². The SMILES string of the molecule is CC(C)(C)n1nc(Cc2cccnc2)c2c(=O)[nH]c(-c3ccncc3)nc21. The molecule has 0 aromatic carbocycles. The fraction of sp³-hybridized carbons (Fsp3) is 0.250. The first-order valence-electron chi connectivity index (χ1n) is 8.75. The van der Waals surface area contributed by atoms with E-state index in [0.29, 0.717) is 29.0 Å². The van der Waals surface area contributed by atoms with Gasteiger partial charge in [0.25, 0.3) is 5.56 Å². The summed E-state index contributed by atoms with van der Waals surface area (Å²) in [5.41, 5.74) is 2.57. The van der Waals surface area contributed by atoms with E-state index in [4.69, 9.17) is 10.1 Å². The average Bonchev–Trinajstić information content (AvgIpc) is 3.02. The minimum absolute atomic E-state index is 0.193. The fourth-order valence-corrected chi connectivity index (χ4v) is 3.03. The second-order valence-corrected chi connectivity index (χ2v) is 7.42. The van der Waals surface area contributed by atoms with Gasteiger partial charge < -0.3 is 4.98 Å². The number of rotatable bonds is 3. The molecule has 0 saturated heterocycles. The lowest BCUT2D eigenvalue weighted by atomic mass is 10.1. The lowest BCUT2D eigenvalue weighted by molar-refractivity contribution is 0.363. The normalized spacial score (nSPS) is 11.8. The Bertz CT molecular complexity index is 1140. The molecule has 0 radical (unpaired) electrons. The Morgan fingerprint density at radius 1 is 1.07 bits per heavy atom. The Balaban J connectivity index is 1.95. The topological polar surface area (TPSA) is 89.4 Å². The summed E-state index contributed by atoms with van der Waals surface area (Å²) in [5, 5.41) is 5.27. The molecular weight excluding hydrogens is 340 g/mol. The van der Waals surface area contributed by atoms with E-state index in [0.717, 1.165) is 11.1 Å². The van der Waals surface area contributed by atoms with Crippen LogP contribution in [0.2, 0.25) is 0 Å². The van der Waals surface area contributed by atoms with E-state index in [2.05, 4.69) is 15.0 Å². The van der Waals surface area contributed by atoms with E-state index in [1.54, 1.807) is 24.8 Å². The Morgan fingerprint density at radius 3 is 2.52 bits per heavy atom. The van der Waals surface area contributed by atoms with Gasteiger partial charge in [0, 0.05) is 36.8 Å². The van der Waals surface area contributed by atoms with Gasteiger partial charge in [0.05, 0.1) is 11.2 Å². The van der Waals surface area contributed by atoms with Gasteiger partial charge in [-0.15, -0.1) is 0 Å². The molecule has 27 heavy (non-hydrogen) atoms. The molecule has 4 heterocycles. The van der Waals surface area contributed by atoms with Crippen LogP contribution in [0.1, 0.15) is 32.0 Å². The molecule has 4 rings (SSSR count). The molecule has 4 aromatic heterocycles. The molecular formula is C20H20N6O. The van der Waals surface area contributed by atoms with E-state index < -0.39 is 0 Å². The molecule has 0 spiro atoms. The van der Waals surface area contributed by atoms with Crippen molar-refractivity contribution in [2.24, 2.45) is 0 Å².